The first-order valence-corrected chi connectivity index (χ1v) is 3.28. The molecule has 12 heavy (non-hydrogen) atoms. The van der Waals surface area contributed by atoms with Gasteiger partial charge in [0.2, 0.25) is 5.88 Å². The fourth-order valence-electron chi connectivity index (χ4n) is 0.774. The normalized spacial score (nSPS) is 8.67. The van der Waals surface area contributed by atoms with Crippen LogP contribution in [0.3, 0.4) is 0 Å². The van der Waals surface area contributed by atoms with Crippen molar-refractivity contribution in [2.24, 2.45) is 0 Å². The minimum absolute atomic E-state index is 0.280. The van der Waals surface area contributed by atoms with E-state index in [2.05, 4.69) is 10.9 Å². The van der Waals surface area contributed by atoms with Crippen molar-refractivity contribution in [1.82, 2.24) is 4.98 Å². The quantitative estimate of drug-likeness (QED) is 0.477. The largest absolute Gasteiger partial charge is 0.481 e. The maximum atomic E-state index is 10.4. The second-order valence-electron chi connectivity index (χ2n) is 2.09. The van der Waals surface area contributed by atoms with Gasteiger partial charge in [-0.15, -0.1) is 6.42 Å². The van der Waals surface area contributed by atoms with Crippen LogP contribution in [0.5, 0.6) is 5.88 Å². The lowest BCUT2D eigenvalue weighted by atomic mass is 10.2. The van der Waals surface area contributed by atoms with Gasteiger partial charge in [-0.1, -0.05) is 5.92 Å². The molecular formula is C9H7NO2. The number of carbonyl (C=O) groups is 1. The van der Waals surface area contributed by atoms with Crippen LogP contribution in [-0.2, 0) is 0 Å². The molecule has 1 rings (SSSR count). The molecule has 3 heteroatoms. The van der Waals surface area contributed by atoms with Crippen LogP contribution >= 0.6 is 0 Å². The summed E-state index contributed by atoms with van der Waals surface area (Å²) in [5.74, 6) is 2.75. The molecule has 0 unspecified atom stereocenters. The molecule has 0 aliphatic heterocycles. The van der Waals surface area contributed by atoms with Gasteiger partial charge in [-0.05, 0) is 6.07 Å². The molecule has 0 radical (unpaired) electrons. The number of methoxy groups -OCH3 is 1. The molecule has 0 aromatic carbocycles. The summed E-state index contributed by atoms with van der Waals surface area (Å²) in [6.07, 6.45) is 5.78. The van der Waals surface area contributed by atoms with E-state index in [0.29, 0.717) is 17.7 Å². The lowest BCUT2D eigenvalue weighted by Crippen LogP contribution is -1.93. The van der Waals surface area contributed by atoms with Crippen LogP contribution in [0.15, 0.2) is 12.1 Å². The SMILES string of the molecule is C#Cc1cc(C=O)nc(OC)c1. The van der Waals surface area contributed by atoms with Gasteiger partial charge in [0, 0.05) is 11.6 Å². The van der Waals surface area contributed by atoms with Gasteiger partial charge in [0.1, 0.15) is 5.69 Å². The molecule has 0 atom stereocenters. The molecule has 1 aromatic heterocycles. The fraction of sp³-hybridized carbons (Fsp3) is 0.111. The second kappa shape index (κ2) is 3.54. The van der Waals surface area contributed by atoms with Crippen molar-refractivity contribution in [3.63, 3.8) is 0 Å². The Morgan fingerprint density at radius 2 is 2.42 bits per heavy atom. The zero-order valence-electron chi connectivity index (χ0n) is 6.57. The Hall–Kier alpha value is -1.82. The minimum Gasteiger partial charge on any atom is -0.481 e. The van der Waals surface area contributed by atoms with Gasteiger partial charge < -0.3 is 4.74 Å². The first kappa shape index (κ1) is 8.28. The van der Waals surface area contributed by atoms with Gasteiger partial charge in [-0.3, -0.25) is 4.79 Å². The van der Waals surface area contributed by atoms with Crippen LogP contribution in [0, 0.1) is 12.3 Å². The van der Waals surface area contributed by atoms with E-state index in [4.69, 9.17) is 11.2 Å². The average Bonchev–Trinajstić information content (AvgIpc) is 2.16. The number of hydrogen-bond donors (Lipinski definition) is 0. The van der Waals surface area contributed by atoms with Crippen molar-refractivity contribution < 1.29 is 9.53 Å². The highest BCUT2D eigenvalue weighted by Crippen LogP contribution is 2.09. The van der Waals surface area contributed by atoms with E-state index >= 15 is 0 Å². The molecule has 60 valence electrons. The van der Waals surface area contributed by atoms with Crippen molar-refractivity contribution in [2.45, 2.75) is 0 Å². The van der Waals surface area contributed by atoms with Crippen molar-refractivity contribution >= 4 is 6.29 Å². The van der Waals surface area contributed by atoms with E-state index in [0.717, 1.165) is 0 Å². The number of hydrogen-bond acceptors (Lipinski definition) is 3. The average molecular weight is 161 g/mol. The molecule has 1 heterocycles. The molecular weight excluding hydrogens is 154 g/mol. The van der Waals surface area contributed by atoms with Gasteiger partial charge in [-0.25, -0.2) is 4.98 Å². The Bertz CT molecular complexity index is 339. The summed E-state index contributed by atoms with van der Waals surface area (Å²) >= 11 is 0. The summed E-state index contributed by atoms with van der Waals surface area (Å²) in [6.45, 7) is 0. The maximum absolute atomic E-state index is 10.4. The zero-order valence-corrected chi connectivity index (χ0v) is 6.57. The predicted molar refractivity (Wildman–Crippen MR) is 44.1 cm³/mol. The van der Waals surface area contributed by atoms with Crippen molar-refractivity contribution in [3.8, 4) is 18.2 Å². The highest BCUT2D eigenvalue weighted by molar-refractivity contribution is 5.72. The zero-order chi connectivity index (χ0) is 8.97. The number of terminal acetylenes is 1. The Labute approximate surface area is 70.4 Å². The van der Waals surface area contributed by atoms with Crippen molar-refractivity contribution in [3.05, 3.63) is 23.4 Å². The van der Waals surface area contributed by atoms with E-state index in [1.807, 2.05) is 0 Å². The van der Waals surface area contributed by atoms with E-state index in [-0.39, 0.29) is 5.69 Å². The topological polar surface area (TPSA) is 39.2 Å². The third kappa shape index (κ3) is 1.61. The number of carbonyl (C=O) groups excluding carboxylic acids is 1. The summed E-state index contributed by atoms with van der Waals surface area (Å²) < 4.78 is 4.83. The molecule has 0 N–H and O–H groups in total. The summed E-state index contributed by atoms with van der Waals surface area (Å²) in [5, 5.41) is 0. The summed E-state index contributed by atoms with van der Waals surface area (Å²) in [7, 11) is 1.47. The molecule has 0 bridgehead atoms. The number of aldehydes is 1. The number of nitrogens with zero attached hydrogens (tertiary/aromatic N) is 1. The van der Waals surface area contributed by atoms with E-state index in [1.54, 1.807) is 6.07 Å². The van der Waals surface area contributed by atoms with Gasteiger partial charge >= 0.3 is 0 Å². The first-order valence-electron chi connectivity index (χ1n) is 3.28. The van der Waals surface area contributed by atoms with Gasteiger partial charge in [0.05, 0.1) is 7.11 Å². The Kier molecular flexibility index (Phi) is 2.44. The molecule has 0 saturated carbocycles. The van der Waals surface area contributed by atoms with Crippen LogP contribution in [-0.4, -0.2) is 18.4 Å². The lowest BCUT2D eigenvalue weighted by Gasteiger charge is -1.99. The van der Waals surface area contributed by atoms with Gasteiger partial charge in [-0.2, -0.15) is 0 Å². The number of aromatic nitrogens is 1. The molecule has 0 fully saturated rings. The Morgan fingerprint density at radius 1 is 1.67 bits per heavy atom. The molecule has 1 aromatic rings. The summed E-state index contributed by atoms with van der Waals surface area (Å²) in [4.78, 5) is 14.2. The van der Waals surface area contributed by atoms with Crippen molar-refractivity contribution in [2.75, 3.05) is 7.11 Å². The maximum Gasteiger partial charge on any atom is 0.214 e. The van der Waals surface area contributed by atoms with Crippen LogP contribution in [0.1, 0.15) is 16.1 Å². The second-order valence-corrected chi connectivity index (χ2v) is 2.09. The van der Waals surface area contributed by atoms with Crippen LogP contribution in [0.25, 0.3) is 0 Å². The van der Waals surface area contributed by atoms with E-state index in [1.165, 1.54) is 13.2 Å². The molecule has 0 aliphatic carbocycles. The molecule has 3 nitrogen and oxygen atoms in total. The van der Waals surface area contributed by atoms with E-state index in [9.17, 15) is 4.79 Å². The van der Waals surface area contributed by atoms with Gasteiger partial charge in [0.15, 0.2) is 6.29 Å². The summed E-state index contributed by atoms with van der Waals surface area (Å²) in [6, 6.07) is 3.11. The number of pyridine rings is 1. The third-order valence-electron chi connectivity index (χ3n) is 1.32. The highest BCUT2D eigenvalue weighted by atomic mass is 16.5. The van der Waals surface area contributed by atoms with Crippen LogP contribution in [0.2, 0.25) is 0 Å². The molecule has 0 amide bonds. The molecule has 0 aliphatic rings. The lowest BCUT2D eigenvalue weighted by molar-refractivity contribution is 0.111. The van der Waals surface area contributed by atoms with Crippen LogP contribution in [0.4, 0.5) is 0 Å². The number of ether oxygens (including phenoxy) is 1. The smallest absolute Gasteiger partial charge is 0.214 e. The number of rotatable bonds is 2. The fourth-order valence-corrected chi connectivity index (χ4v) is 0.774. The Morgan fingerprint density at radius 3 is 2.92 bits per heavy atom. The Balaban J connectivity index is 3.21. The standard InChI is InChI=1S/C9H7NO2/c1-3-7-4-8(6-11)10-9(5-7)12-2/h1,4-6H,2H3. The molecule has 0 saturated heterocycles. The van der Waals surface area contributed by atoms with Crippen LogP contribution < -0.4 is 4.74 Å². The van der Waals surface area contributed by atoms with E-state index < -0.39 is 0 Å². The first-order chi connectivity index (χ1) is 5.80. The van der Waals surface area contributed by atoms with Gasteiger partial charge in [0.25, 0.3) is 0 Å². The monoisotopic (exact) mass is 161 g/mol. The van der Waals surface area contributed by atoms with Crippen molar-refractivity contribution in [1.29, 1.82) is 0 Å². The minimum atomic E-state index is 0.280. The molecule has 0 spiro atoms. The summed E-state index contributed by atoms with van der Waals surface area (Å²) in [5.41, 5.74) is 0.867. The highest BCUT2D eigenvalue weighted by Gasteiger charge is 1.99. The predicted octanol–water partition coefficient (Wildman–Crippen LogP) is 0.884. The third-order valence-corrected chi connectivity index (χ3v) is 1.32.